The van der Waals surface area contributed by atoms with Crippen LogP contribution < -0.4 is 17.2 Å². The summed E-state index contributed by atoms with van der Waals surface area (Å²) >= 11 is 3.56. The third-order valence-electron chi connectivity index (χ3n) is 10.7. The Labute approximate surface area is 357 Å². The third-order valence-corrected chi connectivity index (χ3v) is 12.5. The van der Waals surface area contributed by atoms with Crippen molar-refractivity contribution in [3.05, 3.63) is 55.8 Å². The molecule has 0 saturated carbocycles. The Balaban J connectivity index is 0.000000136. The summed E-state index contributed by atoms with van der Waals surface area (Å²) in [6, 6.07) is 5.26. The lowest BCUT2D eigenvalue weighted by molar-refractivity contribution is -0.132. The summed E-state index contributed by atoms with van der Waals surface area (Å²) in [6.45, 7) is 2.81. The highest BCUT2D eigenvalue weighted by Crippen LogP contribution is 2.37. The fourth-order valence-electron chi connectivity index (χ4n) is 7.79. The monoisotopic (exact) mass is 865 g/mol. The Kier molecular flexibility index (Phi) is 14.6. The molecule has 3 aliphatic heterocycles. The second-order valence-corrected chi connectivity index (χ2v) is 16.7. The number of imidazole rings is 3. The number of ether oxygens (including phenoxy) is 6. The minimum atomic E-state index is -0.131. The minimum absolute atomic E-state index is 0.0438. The first-order valence-electron chi connectivity index (χ1n) is 19.6. The molecule has 0 bridgehead atoms. The highest BCUT2D eigenvalue weighted by molar-refractivity contribution is 7.99. The van der Waals surface area contributed by atoms with E-state index in [0.29, 0.717) is 41.0 Å². The molecule has 6 N–H and O–H groups in total. The summed E-state index contributed by atoms with van der Waals surface area (Å²) < 4.78 is 40.0. The van der Waals surface area contributed by atoms with Gasteiger partial charge < -0.3 is 45.6 Å². The molecule has 19 nitrogen and oxygen atoms in total. The number of pyridine rings is 3. The highest BCUT2D eigenvalue weighted by Gasteiger charge is 2.38. The van der Waals surface area contributed by atoms with E-state index < -0.39 is 0 Å². The van der Waals surface area contributed by atoms with Crippen LogP contribution in [0, 0.1) is 0 Å². The number of morpholine rings is 1. The fraction of sp³-hybridized carbons (Fsp3) is 0.538. The standard InChI is InChI=1S/C13H19N5O2.2C13H18N4O2S/c1-17-5-9(7-19-2)20-11(6-17)18-8-16-12-10(14)3-4-15-13(12)18;1-18-6-9-10(20-2)5-11(19-9)17-7-16-12-8(14)3-4-15-13(12)17;1-18-9-5-11(19-10(9)6-20-2)17-7-16-12-8(14)3-4-15-13(12)17/h3-4,8-9,11H,5-7H2,1-2H3,(H2,14,15);2*3-4,7,9-11H,5-6H2,1-2H3,(H2,14,15)/t;9-,10?,11-;9?,10-,11-/m.11/s1. The molecule has 0 spiro atoms. The number of nitrogens with two attached hydrogens (primary N) is 3. The van der Waals surface area contributed by atoms with Gasteiger partial charge in [-0.25, -0.2) is 29.9 Å². The molecular formula is C39H55N13O6S2. The molecule has 0 radical (unpaired) electrons. The van der Waals surface area contributed by atoms with Gasteiger partial charge in [0.15, 0.2) is 16.9 Å². The number of aromatic nitrogens is 9. The predicted molar refractivity (Wildman–Crippen MR) is 235 cm³/mol. The number of thioether (sulfide) groups is 2. The molecule has 9 heterocycles. The molecular weight excluding hydrogens is 811 g/mol. The molecule has 60 heavy (non-hydrogen) atoms. The van der Waals surface area contributed by atoms with Crippen LogP contribution in [0.2, 0.25) is 0 Å². The Hall–Kier alpha value is -4.32. The maximum atomic E-state index is 6.09. The normalized spacial score (nSPS) is 25.7. The van der Waals surface area contributed by atoms with Crippen LogP contribution in [0.5, 0.6) is 0 Å². The number of anilines is 3. The van der Waals surface area contributed by atoms with Crippen molar-refractivity contribution in [2.75, 3.05) is 90.1 Å². The molecule has 6 aromatic heterocycles. The predicted octanol–water partition coefficient (Wildman–Crippen LogP) is 3.85. The largest absolute Gasteiger partial charge is 0.397 e. The maximum Gasteiger partial charge on any atom is 0.164 e. The summed E-state index contributed by atoms with van der Waals surface area (Å²) in [6.07, 6.45) is 16.2. The second-order valence-electron chi connectivity index (χ2n) is 14.8. The Bertz CT molecular complexity index is 2200. The lowest BCUT2D eigenvalue weighted by Crippen LogP contribution is -2.45. The van der Waals surface area contributed by atoms with Crippen LogP contribution in [0.25, 0.3) is 33.5 Å². The number of nitrogen functional groups attached to an aromatic ring is 3. The van der Waals surface area contributed by atoms with Gasteiger partial charge in [0.1, 0.15) is 35.2 Å². The summed E-state index contributed by atoms with van der Waals surface area (Å²) in [7, 11) is 7.18. The zero-order chi connectivity index (χ0) is 42.3. The molecule has 9 rings (SSSR count). The van der Waals surface area contributed by atoms with Gasteiger partial charge in [-0.2, -0.15) is 23.5 Å². The van der Waals surface area contributed by atoms with Gasteiger partial charge in [-0.3, -0.25) is 18.6 Å². The van der Waals surface area contributed by atoms with Gasteiger partial charge in [-0.05, 0) is 37.8 Å². The number of likely N-dealkylation sites (N-methyl/N-ethyl adjacent to an activating group) is 1. The maximum absolute atomic E-state index is 6.09. The summed E-state index contributed by atoms with van der Waals surface area (Å²) in [5, 5.41) is 0.415. The second kappa shape index (κ2) is 20.0. The lowest BCUT2D eigenvalue weighted by atomic mass is 10.2. The van der Waals surface area contributed by atoms with E-state index >= 15 is 0 Å². The lowest BCUT2D eigenvalue weighted by Gasteiger charge is -2.36. The first-order chi connectivity index (χ1) is 29.2. The van der Waals surface area contributed by atoms with Crippen LogP contribution in [0.4, 0.5) is 17.1 Å². The number of rotatable bonds is 11. The van der Waals surface area contributed by atoms with Gasteiger partial charge in [0.05, 0.1) is 73.7 Å². The quantitative estimate of drug-likeness (QED) is 0.168. The highest BCUT2D eigenvalue weighted by atomic mass is 32.2. The van der Waals surface area contributed by atoms with Crippen LogP contribution in [-0.2, 0) is 28.4 Å². The van der Waals surface area contributed by atoms with Crippen LogP contribution in [0.1, 0.15) is 31.5 Å². The average molecular weight is 866 g/mol. The summed E-state index contributed by atoms with van der Waals surface area (Å²) in [5.41, 5.74) is 24.1. The van der Waals surface area contributed by atoms with E-state index in [9.17, 15) is 0 Å². The van der Waals surface area contributed by atoms with E-state index in [2.05, 4.69) is 54.4 Å². The summed E-state index contributed by atoms with van der Waals surface area (Å²) in [5.74, 6) is 0.914. The van der Waals surface area contributed by atoms with Crippen LogP contribution in [0.3, 0.4) is 0 Å². The first-order valence-corrected chi connectivity index (χ1v) is 22.2. The number of hydrogen-bond donors (Lipinski definition) is 3. The number of nitrogens with zero attached hydrogens (tertiary/aromatic N) is 10. The molecule has 0 aromatic carbocycles. The van der Waals surface area contributed by atoms with Crippen molar-refractivity contribution in [1.82, 2.24) is 48.5 Å². The Morgan fingerprint density at radius 1 is 0.650 bits per heavy atom. The molecule has 21 heteroatoms. The van der Waals surface area contributed by atoms with Crippen molar-refractivity contribution < 1.29 is 28.4 Å². The molecule has 3 aliphatic rings. The first kappa shape index (κ1) is 43.8. The van der Waals surface area contributed by atoms with E-state index in [0.717, 1.165) is 59.7 Å². The van der Waals surface area contributed by atoms with Crippen molar-refractivity contribution in [3.63, 3.8) is 0 Å². The van der Waals surface area contributed by atoms with Crippen LogP contribution in [-0.4, -0.2) is 151 Å². The van der Waals surface area contributed by atoms with Crippen LogP contribution >= 0.6 is 23.5 Å². The number of hydrogen-bond acceptors (Lipinski definition) is 18. The van der Waals surface area contributed by atoms with Crippen molar-refractivity contribution in [3.8, 4) is 0 Å². The Morgan fingerprint density at radius 3 is 1.63 bits per heavy atom. The summed E-state index contributed by atoms with van der Waals surface area (Å²) in [4.78, 5) is 28.3. The molecule has 0 aliphatic carbocycles. The van der Waals surface area contributed by atoms with Gasteiger partial charge in [0.2, 0.25) is 0 Å². The molecule has 3 saturated heterocycles. The van der Waals surface area contributed by atoms with E-state index in [1.807, 2.05) is 13.7 Å². The molecule has 3 fully saturated rings. The molecule has 4 unspecified atom stereocenters. The van der Waals surface area contributed by atoms with E-state index in [1.165, 1.54) is 0 Å². The van der Waals surface area contributed by atoms with Crippen molar-refractivity contribution >= 4 is 74.1 Å². The minimum Gasteiger partial charge on any atom is -0.397 e. The molecule has 0 amide bonds. The molecule has 6 aromatic rings. The smallest absolute Gasteiger partial charge is 0.164 e. The van der Waals surface area contributed by atoms with E-state index in [-0.39, 0.29) is 43.1 Å². The number of methoxy groups -OCH3 is 3. The molecule has 8 atom stereocenters. The van der Waals surface area contributed by atoms with E-state index in [4.69, 9.17) is 45.6 Å². The third kappa shape index (κ3) is 9.43. The van der Waals surface area contributed by atoms with Crippen molar-refractivity contribution in [1.29, 1.82) is 0 Å². The fourth-order valence-corrected chi connectivity index (χ4v) is 9.21. The Morgan fingerprint density at radius 2 is 1.15 bits per heavy atom. The van der Waals surface area contributed by atoms with Gasteiger partial charge >= 0.3 is 0 Å². The zero-order valence-electron chi connectivity index (χ0n) is 34.7. The van der Waals surface area contributed by atoms with E-state index in [1.54, 1.807) is 101 Å². The van der Waals surface area contributed by atoms with Gasteiger partial charge in [0.25, 0.3) is 0 Å². The van der Waals surface area contributed by atoms with Crippen LogP contribution in [0.15, 0.2) is 55.8 Å². The average Bonchev–Trinajstić information content (AvgIpc) is 4.09. The zero-order valence-corrected chi connectivity index (χ0v) is 36.4. The molecule has 324 valence electrons. The van der Waals surface area contributed by atoms with Gasteiger partial charge in [0, 0.05) is 76.9 Å². The van der Waals surface area contributed by atoms with Gasteiger partial charge in [-0.15, -0.1) is 0 Å². The SMILES string of the molecule is COC1C[C@H](n2cnc3c(N)ccnc32)O[C@@H]1CSC.COCC1CN(C)CC(n2cnc3c(N)ccnc32)O1.COC[C@H]1O[C@@H](n2cnc3c(N)ccnc32)CC1SC. The topological polar surface area (TPSA) is 229 Å². The number of fused-ring (bicyclic) bond motifs is 3. The van der Waals surface area contributed by atoms with Gasteiger partial charge in [-0.1, -0.05) is 0 Å². The van der Waals surface area contributed by atoms with Crippen molar-refractivity contribution in [2.24, 2.45) is 0 Å². The van der Waals surface area contributed by atoms with Crippen molar-refractivity contribution in [2.45, 2.75) is 61.2 Å².